The van der Waals surface area contributed by atoms with E-state index in [0.717, 1.165) is 19.4 Å². The zero-order chi connectivity index (χ0) is 12.4. The van der Waals surface area contributed by atoms with E-state index in [9.17, 15) is 5.11 Å². The van der Waals surface area contributed by atoms with Crippen LogP contribution in [0, 0.1) is 5.92 Å². The first-order valence-electron chi connectivity index (χ1n) is 7.07. The average Bonchev–Trinajstić information content (AvgIpc) is 2.28. The number of unbranched alkanes of at least 4 members (excludes halogenated alkanes) is 2. The smallest absolute Gasteiger partial charge is 0.0692 e. The van der Waals surface area contributed by atoms with Crippen LogP contribution in [0.25, 0.3) is 0 Å². The molecule has 0 aliphatic heterocycles. The summed E-state index contributed by atoms with van der Waals surface area (Å²) in [7, 11) is 0. The van der Waals surface area contributed by atoms with Gasteiger partial charge in [0.25, 0.3) is 0 Å². The van der Waals surface area contributed by atoms with Crippen LogP contribution in [-0.4, -0.2) is 23.8 Å². The fourth-order valence-electron chi connectivity index (χ4n) is 2.12. The highest BCUT2D eigenvalue weighted by atomic mass is 16.3. The predicted octanol–water partition coefficient (Wildman–Crippen LogP) is 3.34. The van der Waals surface area contributed by atoms with Crippen LogP contribution in [0.4, 0.5) is 0 Å². The monoisotopic (exact) mass is 229 g/mol. The van der Waals surface area contributed by atoms with Gasteiger partial charge in [-0.2, -0.15) is 0 Å². The number of hydrogen-bond donors (Lipinski definition) is 2. The van der Waals surface area contributed by atoms with Gasteiger partial charge < -0.3 is 10.4 Å². The largest absolute Gasteiger partial charge is 0.392 e. The summed E-state index contributed by atoms with van der Waals surface area (Å²) in [6.07, 6.45) is 7.09. The lowest BCUT2D eigenvalue weighted by Gasteiger charge is -2.22. The van der Waals surface area contributed by atoms with E-state index in [2.05, 4.69) is 33.0 Å². The van der Waals surface area contributed by atoms with Gasteiger partial charge >= 0.3 is 0 Å². The Morgan fingerprint density at radius 1 is 1.06 bits per heavy atom. The molecule has 0 aliphatic rings. The Bertz CT molecular complexity index is 146. The molecule has 2 atom stereocenters. The Morgan fingerprint density at radius 3 is 2.19 bits per heavy atom. The summed E-state index contributed by atoms with van der Waals surface area (Å²) in [5.41, 5.74) is 0. The molecule has 0 spiro atoms. The first kappa shape index (κ1) is 15.9. The fourth-order valence-corrected chi connectivity index (χ4v) is 2.12. The zero-order valence-corrected chi connectivity index (χ0v) is 11.6. The van der Waals surface area contributed by atoms with Gasteiger partial charge in [-0.05, 0) is 19.3 Å². The lowest BCUT2D eigenvalue weighted by molar-refractivity contribution is 0.0984. The summed E-state index contributed by atoms with van der Waals surface area (Å²) in [5.74, 6) is 0.454. The zero-order valence-electron chi connectivity index (χ0n) is 11.6. The summed E-state index contributed by atoms with van der Waals surface area (Å²) in [4.78, 5) is 0. The molecule has 0 fully saturated rings. The second kappa shape index (κ2) is 10.1. The van der Waals surface area contributed by atoms with Crippen molar-refractivity contribution in [3.05, 3.63) is 0 Å². The van der Waals surface area contributed by atoms with Crippen molar-refractivity contribution in [3.63, 3.8) is 0 Å². The SMILES string of the molecule is CCCCCC(C)NCC(O)C(CC)CC. The first-order chi connectivity index (χ1) is 7.65. The van der Waals surface area contributed by atoms with Crippen LogP contribution in [0.1, 0.15) is 66.2 Å². The minimum absolute atomic E-state index is 0.177. The highest BCUT2D eigenvalue weighted by Gasteiger charge is 2.15. The predicted molar refractivity (Wildman–Crippen MR) is 71.7 cm³/mol. The molecule has 2 nitrogen and oxygen atoms in total. The summed E-state index contributed by atoms with van der Waals surface area (Å²) in [5, 5.41) is 13.4. The Labute approximate surface area is 102 Å². The maximum Gasteiger partial charge on any atom is 0.0692 e. The van der Waals surface area contributed by atoms with E-state index in [0.29, 0.717) is 12.0 Å². The third-order valence-electron chi connectivity index (χ3n) is 3.51. The van der Waals surface area contributed by atoms with Gasteiger partial charge in [0.05, 0.1) is 6.10 Å². The van der Waals surface area contributed by atoms with Gasteiger partial charge in [0.15, 0.2) is 0 Å². The number of aliphatic hydroxyl groups is 1. The van der Waals surface area contributed by atoms with Gasteiger partial charge in [-0.1, -0.05) is 52.9 Å². The molecule has 0 rings (SSSR count). The van der Waals surface area contributed by atoms with Gasteiger partial charge in [-0.15, -0.1) is 0 Å². The van der Waals surface area contributed by atoms with E-state index >= 15 is 0 Å². The Balaban J connectivity index is 3.60. The number of rotatable bonds is 10. The van der Waals surface area contributed by atoms with Crippen molar-refractivity contribution in [2.24, 2.45) is 5.92 Å². The molecule has 2 heteroatoms. The van der Waals surface area contributed by atoms with Crippen molar-refractivity contribution in [1.82, 2.24) is 5.32 Å². The summed E-state index contributed by atoms with van der Waals surface area (Å²) < 4.78 is 0. The van der Waals surface area contributed by atoms with Crippen LogP contribution >= 0.6 is 0 Å². The van der Waals surface area contributed by atoms with Crippen molar-refractivity contribution in [2.45, 2.75) is 78.4 Å². The van der Waals surface area contributed by atoms with Crippen LogP contribution in [-0.2, 0) is 0 Å². The molecule has 0 saturated heterocycles. The van der Waals surface area contributed by atoms with E-state index in [1.807, 2.05) is 0 Å². The molecule has 2 unspecified atom stereocenters. The molecule has 0 saturated carbocycles. The van der Waals surface area contributed by atoms with E-state index in [4.69, 9.17) is 0 Å². The highest BCUT2D eigenvalue weighted by Crippen LogP contribution is 2.12. The minimum atomic E-state index is -0.177. The number of aliphatic hydroxyl groups excluding tert-OH is 1. The van der Waals surface area contributed by atoms with E-state index in [1.54, 1.807) is 0 Å². The maximum absolute atomic E-state index is 9.97. The van der Waals surface area contributed by atoms with Crippen molar-refractivity contribution >= 4 is 0 Å². The quantitative estimate of drug-likeness (QED) is 0.563. The van der Waals surface area contributed by atoms with Gasteiger partial charge in [0.2, 0.25) is 0 Å². The van der Waals surface area contributed by atoms with E-state index in [1.165, 1.54) is 25.7 Å². The molecule has 0 heterocycles. The molecular weight excluding hydrogens is 198 g/mol. The molecule has 0 amide bonds. The van der Waals surface area contributed by atoms with Crippen molar-refractivity contribution in [1.29, 1.82) is 0 Å². The van der Waals surface area contributed by atoms with Crippen molar-refractivity contribution < 1.29 is 5.11 Å². The molecule has 0 bridgehead atoms. The van der Waals surface area contributed by atoms with Crippen LogP contribution in [0.3, 0.4) is 0 Å². The van der Waals surface area contributed by atoms with Crippen LogP contribution < -0.4 is 5.32 Å². The van der Waals surface area contributed by atoms with Crippen LogP contribution in [0.15, 0.2) is 0 Å². The fraction of sp³-hybridized carbons (Fsp3) is 1.00. The second-order valence-electron chi connectivity index (χ2n) is 4.95. The van der Waals surface area contributed by atoms with Crippen LogP contribution in [0.2, 0.25) is 0 Å². The average molecular weight is 229 g/mol. The number of nitrogens with one attached hydrogen (secondary N) is 1. The lowest BCUT2D eigenvalue weighted by atomic mass is 9.96. The molecule has 98 valence electrons. The topological polar surface area (TPSA) is 32.3 Å². The minimum Gasteiger partial charge on any atom is -0.392 e. The maximum atomic E-state index is 9.97. The Morgan fingerprint density at radius 2 is 1.69 bits per heavy atom. The van der Waals surface area contributed by atoms with Crippen molar-refractivity contribution in [2.75, 3.05) is 6.54 Å². The van der Waals surface area contributed by atoms with Gasteiger partial charge in [-0.3, -0.25) is 0 Å². The normalized spacial score (nSPS) is 15.4. The third-order valence-corrected chi connectivity index (χ3v) is 3.51. The van der Waals surface area contributed by atoms with E-state index in [-0.39, 0.29) is 6.10 Å². The molecule has 0 radical (unpaired) electrons. The summed E-state index contributed by atoms with van der Waals surface area (Å²) >= 11 is 0. The molecule has 0 aromatic rings. The summed E-state index contributed by atoms with van der Waals surface area (Å²) in [6.45, 7) is 9.51. The second-order valence-corrected chi connectivity index (χ2v) is 4.95. The number of hydrogen-bond acceptors (Lipinski definition) is 2. The third kappa shape index (κ3) is 7.24. The van der Waals surface area contributed by atoms with E-state index < -0.39 is 0 Å². The molecular formula is C14H31NO. The van der Waals surface area contributed by atoms with Gasteiger partial charge in [0, 0.05) is 12.6 Å². The Kier molecular flexibility index (Phi) is 10.0. The Hall–Kier alpha value is -0.0800. The standard InChI is InChI=1S/C14H31NO/c1-5-8-9-10-12(4)15-11-14(16)13(6-2)7-3/h12-16H,5-11H2,1-4H3. The summed E-state index contributed by atoms with van der Waals surface area (Å²) in [6, 6.07) is 0.538. The van der Waals surface area contributed by atoms with Crippen molar-refractivity contribution in [3.8, 4) is 0 Å². The molecule has 0 aliphatic carbocycles. The highest BCUT2D eigenvalue weighted by molar-refractivity contribution is 4.71. The van der Waals surface area contributed by atoms with Crippen LogP contribution in [0.5, 0.6) is 0 Å². The molecule has 0 aromatic carbocycles. The molecule has 16 heavy (non-hydrogen) atoms. The first-order valence-corrected chi connectivity index (χ1v) is 7.07. The molecule has 2 N–H and O–H groups in total. The van der Waals surface area contributed by atoms with Gasteiger partial charge in [-0.25, -0.2) is 0 Å². The van der Waals surface area contributed by atoms with Gasteiger partial charge in [0.1, 0.15) is 0 Å². The lowest BCUT2D eigenvalue weighted by Crippen LogP contribution is -2.37. The molecule has 0 aromatic heterocycles.